The fourth-order valence-corrected chi connectivity index (χ4v) is 1.81. The lowest BCUT2D eigenvalue weighted by molar-refractivity contribution is -0.128. The first-order valence-corrected chi connectivity index (χ1v) is 5.58. The number of hydrogen-bond acceptors (Lipinski definition) is 4. The van der Waals surface area contributed by atoms with Crippen LogP contribution in [0.2, 0.25) is 0 Å². The number of carbonyl (C=O) groups excluding carboxylic acids is 1. The molecule has 0 bridgehead atoms. The van der Waals surface area contributed by atoms with Crippen molar-refractivity contribution >= 4 is 16.0 Å². The fraction of sp³-hybridized carbons (Fsp3) is 0.571. The second-order valence-corrected chi connectivity index (χ2v) is 4.26. The topological polar surface area (TPSA) is 101 Å². The minimum Gasteiger partial charge on any atom is -0.285 e. The van der Waals surface area contributed by atoms with Crippen molar-refractivity contribution in [2.24, 2.45) is 5.84 Å². The largest absolute Gasteiger partial charge is 0.285 e. The summed E-state index contributed by atoms with van der Waals surface area (Å²) in [5.74, 6) is 4.17. The Morgan fingerprint density at radius 3 is 2.50 bits per heavy atom. The Bertz CT molecular complexity index is 312. The molecular weight excluding hydrogens is 208 g/mol. The molecule has 0 aromatic carbocycles. The van der Waals surface area contributed by atoms with Gasteiger partial charge in [0.1, 0.15) is 0 Å². The van der Waals surface area contributed by atoms with E-state index in [1.54, 1.807) is 6.92 Å². The molecule has 0 rings (SSSR count). The molecule has 1 amide bonds. The Labute approximate surface area is 83.1 Å². The van der Waals surface area contributed by atoms with Gasteiger partial charge in [-0.3, -0.25) is 14.4 Å². The van der Waals surface area contributed by atoms with E-state index in [2.05, 4.69) is 6.58 Å². The number of hydrogen-bond donors (Lipinski definition) is 2. The number of rotatable bonds is 5. The van der Waals surface area contributed by atoms with E-state index in [1.165, 1.54) is 0 Å². The molecule has 1 atom stereocenters. The molecule has 6 nitrogen and oxygen atoms in total. The smallest absolute Gasteiger partial charge is 0.266 e. The van der Waals surface area contributed by atoms with Crippen LogP contribution in [0.25, 0.3) is 0 Å². The minimum absolute atomic E-state index is 0.329. The molecule has 0 saturated carbocycles. The van der Waals surface area contributed by atoms with Crippen LogP contribution in [0.3, 0.4) is 0 Å². The van der Waals surface area contributed by atoms with Crippen molar-refractivity contribution in [2.45, 2.75) is 19.4 Å². The quantitative estimate of drug-likeness (QED) is 0.215. The molecule has 0 aromatic rings. The molecule has 82 valence electrons. The number of nitrogens with two attached hydrogens (primary N) is 1. The van der Waals surface area contributed by atoms with Crippen LogP contribution in [-0.4, -0.2) is 35.7 Å². The summed E-state index contributed by atoms with van der Waals surface area (Å²) in [7, 11) is -4.13. The Hall–Kier alpha value is -0.920. The van der Waals surface area contributed by atoms with Gasteiger partial charge in [0.15, 0.2) is 0 Å². The van der Waals surface area contributed by atoms with Gasteiger partial charge < -0.3 is 0 Å². The molecular formula is C7H14N2O4S. The van der Waals surface area contributed by atoms with Gasteiger partial charge in [0.2, 0.25) is 0 Å². The summed E-state index contributed by atoms with van der Waals surface area (Å²) in [6.45, 7) is 4.87. The van der Waals surface area contributed by atoms with Crippen molar-refractivity contribution in [3.8, 4) is 0 Å². The normalized spacial score (nSPS) is 13.4. The Morgan fingerprint density at radius 1 is 1.71 bits per heavy atom. The van der Waals surface area contributed by atoms with Gasteiger partial charge in [-0.1, -0.05) is 13.5 Å². The summed E-state index contributed by atoms with van der Waals surface area (Å²) in [6.07, 6.45) is 1.31. The predicted molar refractivity (Wildman–Crippen MR) is 51.7 cm³/mol. The lowest BCUT2D eigenvalue weighted by Gasteiger charge is -2.24. The number of carbonyl (C=O) groups is 1. The summed E-state index contributed by atoms with van der Waals surface area (Å²) in [5, 5.41) is 0.751. The molecule has 0 aliphatic rings. The summed E-state index contributed by atoms with van der Waals surface area (Å²) in [6, 6.07) is -0.740. The molecule has 0 fully saturated rings. The highest BCUT2D eigenvalue weighted by atomic mass is 32.2. The molecule has 0 aromatic heterocycles. The predicted octanol–water partition coefficient (Wildman–Crippen LogP) is -0.459. The summed E-state index contributed by atoms with van der Waals surface area (Å²) >= 11 is 0. The molecule has 0 aliphatic carbocycles. The van der Waals surface area contributed by atoms with Crippen LogP contribution in [0.15, 0.2) is 12.7 Å². The van der Waals surface area contributed by atoms with Gasteiger partial charge >= 0.3 is 0 Å². The number of amides is 1. The van der Waals surface area contributed by atoms with E-state index in [4.69, 9.17) is 10.4 Å². The number of nitrogens with zero attached hydrogens (tertiary/aromatic N) is 1. The molecule has 0 radical (unpaired) electrons. The van der Waals surface area contributed by atoms with Crippen molar-refractivity contribution in [3.05, 3.63) is 12.7 Å². The van der Waals surface area contributed by atoms with E-state index in [9.17, 15) is 13.2 Å². The average molecular weight is 222 g/mol. The highest BCUT2D eigenvalue weighted by molar-refractivity contribution is 7.85. The van der Waals surface area contributed by atoms with E-state index in [1.807, 2.05) is 0 Å². The standard InChI is InChI=1S/C7H14N2O4S/c1-3-6(5-14(11,12)13)9(8)7(10)4-2/h4,6H,2-3,5,8H2,1H3,(H,11,12,13). The third kappa shape index (κ3) is 4.35. The van der Waals surface area contributed by atoms with Gasteiger partial charge in [-0.25, -0.2) is 5.84 Å². The Morgan fingerprint density at radius 2 is 2.21 bits per heavy atom. The second kappa shape index (κ2) is 5.08. The lowest BCUT2D eigenvalue weighted by atomic mass is 10.2. The van der Waals surface area contributed by atoms with Gasteiger partial charge in [0.05, 0.1) is 11.8 Å². The maximum atomic E-state index is 11.0. The summed E-state index contributed by atoms with van der Waals surface area (Å²) in [5.41, 5.74) is 0. The molecule has 7 heteroatoms. The van der Waals surface area contributed by atoms with Crippen LogP contribution < -0.4 is 5.84 Å². The average Bonchev–Trinajstić information content (AvgIpc) is 2.10. The van der Waals surface area contributed by atoms with E-state index >= 15 is 0 Å². The first kappa shape index (κ1) is 13.1. The molecule has 0 spiro atoms. The molecule has 0 saturated heterocycles. The molecule has 14 heavy (non-hydrogen) atoms. The molecule has 0 heterocycles. The lowest BCUT2D eigenvalue weighted by Crippen LogP contribution is -2.47. The maximum Gasteiger partial charge on any atom is 0.266 e. The van der Waals surface area contributed by atoms with Gasteiger partial charge in [-0.15, -0.1) is 0 Å². The summed E-state index contributed by atoms with van der Waals surface area (Å²) in [4.78, 5) is 11.0. The number of hydrazine groups is 1. The fourth-order valence-electron chi connectivity index (χ4n) is 0.923. The van der Waals surface area contributed by atoms with E-state index < -0.39 is 27.8 Å². The van der Waals surface area contributed by atoms with Crippen LogP contribution in [0.1, 0.15) is 13.3 Å². The molecule has 0 aliphatic heterocycles. The first-order chi connectivity index (χ1) is 6.31. The second-order valence-electron chi connectivity index (χ2n) is 2.76. The third-order valence-electron chi connectivity index (χ3n) is 1.70. The van der Waals surface area contributed by atoms with E-state index in [0.717, 1.165) is 11.1 Å². The van der Waals surface area contributed by atoms with Crippen LogP contribution >= 0.6 is 0 Å². The Balaban J connectivity index is 4.57. The van der Waals surface area contributed by atoms with Gasteiger partial charge in [0.25, 0.3) is 16.0 Å². The van der Waals surface area contributed by atoms with Crippen LogP contribution in [-0.2, 0) is 14.9 Å². The van der Waals surface area contributed by atoms with Gasteiger partial charge in [0, 0.05) is 0 Å². The van der Waals surface area contributed by atoms with Crippen molar-refractivity contribution in [1.82, 2.24) is 5.01 Å². The van der Waals surface area contributed by atoms with Crippen molar-refractivity contribution in [3.63, 3.8) is 0 Å². The zero-order chi connectivity index (χ0) is 11.4. The monoisotopic (exact) mass is 222 g/mol. The van der Waals surface area contributed by atoms with E-state index in [0.29, 0.717) is 6.42 Å². The van der Waals surface area contributed by atoms with Crippen molar-refractivity contribution in [1.29, 1.82) is 0 Å². The molecule has 3 N–H and O–H groups in total. The first-order valence-electron chi connectivity index (χ1n) is 3.97. The zero-order valence-electron chi connectivity index (χ0n) is 7.88. The van der Waals surface area contributed by atoms with Crippen molar-refractivity contribution < 1.29 is 17.8 Å². The van der Waals surface area contributed by atoms with Crippen LogP contribution in [0.5, 0.6) is 0 Å². The summed E-state index contributed by atoms with van der Waals surface area (Å²) < 4.78 is 29.7. The SMILES string of the molecule is C=CC(=O)N(N)C(CC)CS(=O)(=O)O. The van der Waals surface area contributed by atoms with Gasteiger partial charge in [-0.05, 0) is 12.5 Å². The maximum absolute atomic E-state index is 11.0. The Kier molecular flexibility index (Phi) is 4.75. The minimum atomic E-state index is -4.13. The molecule has 1 unspecified atom stereocenters. The van der Waals surface area contributed by atoms with Gasteiger partial charge in [-0.2, -0.15) is 8.42 Å². The zero-order valence-corrected chi connectivity index (χ0v) is 8.70. The van der Waals surface area contributed by atoms with Crippen LogP contribution in [0.4, 0.5) is 0 Å². The third-order valence-corrected chi connectivity index (χ3v) is 2.50. The highest BCUT2D eigenvalue weighted by Gasteiger charge is 2.22. The van der Waals surface area contributed by atoms with Crippen LogP contribution in [0, 0.1) is 0 Å². The highest BCUT2D eigenvalue weighted by Crippen LogP contribution is 2.03. The van der Waals surface area contributed by atoms with Crippen molar-refractivity contribution in [2.75, 3.05) is 5.75 Å². The van der Waals surface area contributed by atoms with E-state index in [-0.39, 0.29) is 0 Å².